The van der Waals surface area contributed by atoms with Gasteiger partial charge in [-0.15, -0.1) is 0 Å². The third-order valence-corrected chi connectivity index (χ3v) is 3.46. The molecule has 0 spiro atoms. The highest BCUT2D eigenvalue weighted by Gasteiger charge is 2.62. The number of hydrogen-bond donors (Lipinski definition) is 1. The molecular formula is C13H15NO2. The van der Waals surface area contributed by atoms with Crippen LogP contribution < -0.4 is 5.73 Å². The number of carbonyl (C=O) groups excluding carboxylic acids is 2. The van der Waals surface area contributed by atoms with Crippen molar-refractivity contribution in [1.29, 1.82) is 0 Å². The number of benzene rings is 1. The van der Waals surface area contributed by atoms with Crippen LogP contribution in [0.2, 0.25) is 0 Å². The molecule has 1 amide bonds. The molecule has 0 saturated heterocycles. The van der Waals surface area contributed by atoms with Crippen LogP contribution in [0.4, 0.5) is 0 Å². The molecule has 0 aliphatic heterocycles. The van der Waals surface area contributed by atoms with Gasteiger partial charge in [-0.2, -0.15) is 0 Å². The molecule has 1 aliphatic rings. The monoisotopic (exact) mass is 217 g/mol. The molecule has 3 heteroatoms. The molecule has 2 N–H and O–H groups in total. The summed E-state index contributed by atoms with van der Waals surface area (Å²) in [6.45, 7) is 3.50. The standard InChI is InChI=1S/C13H15NO2/c1-8-3-5-10(6-4-8)13(12(14)16)7-11(13)9(2)15/h3-6,11H,7H2,1-2H3,(H2,14,16)/t11-,13+/m1/s1. The number of amides is 1. The zero-order chi connectivity index (χ0) is 11.9. The third kappa shape index (κ3) is 1.43. The van der Waals surface area contributed by atoms with E-state index in [0.717, 1.165) is 11.1 Å². The highest BCUT2D eigenvalue weighted by molar-refractivity contribution is 5.99. The van der Waals surface area contributed by atoms with E-state index < -0.39 is 11.3 Å². The Hall–Kier alpha value is -1.64. The maximum absolute atomic E-state index is 11.6. The molecule has 3 nitrogen and oxygen atoms in total. The number of ketones is 1. The second-order valence-corrected chi connectivity index (χ2v) is 4.57. The number of primary amides is 1. The fraction of sp³-hybridized carbons (Fsp3) is 0.385. The summed E-state index contributed by atoms with van der Waals surface area (Å²) in [4.78, 5) is 22.9. The van der Waals surface area contributed by atoms with E-state index in [-0.39, 0.29) is 11.7 Å². The molecule has 1 aromatic carbocycles. The average molecular weight is 217 g/mol. The van der Waals surface area contributed by atoms with E-state index in [9.17, 15) is 9.59 Å². The van der Waals surface area contributed by atoms with Crippen molar-refractivity contribution < 1.29 is 9.59 Å². The van der Waals surface area contributed by atoms with Crippen molar-refractivity contribution in [2.75, 3.05) is 0 Å². The first kappa shape index (κ1) is 10.9. The largest absolute Gasteiger partial charge is 0.369 e. The highest BCUT2D eigenvalue weighted by atomic mass is 16.2. The molecule has 1 aliphatic carbocycles. The minimum Gasteiger partial charge on any atom is -0.369 e. The second kappa shape index (κ2) is 3.44. The lowest BCUT2D eigenvalue weighted by Crippen LogP contribution is -2.31. The summed E-state index contributed by atoms with van der Waals surface area (Å²) in [5.41, 5.74) is 6.70. The van der Waals surface area contributed by atoms with Crippen molar-refractivity contribution in [1.82, 2.24) is 0 Å². The number of Topliss-reactive ketones (excluding diaryl/α,β-unsaturated/α-hetero) is 1. The van der Waals surface area contributed by atoms with E-state index in [2.05, 4.69) is 0 Å². The van der Waals surface area contributed by atoms with Gasteiger partial charge in [0, 0.05) is 5.92 Å². The number of hydrogen-bond acceptors (Lipinski definition) is 2. The molecular weight excluding hydrogens is 202 g/mol. The number of rotatable bonds is 3. The van der Waals surface area contributed by atoms with Gasteiger partial charge in [-0.25, -0.2) is 0 Å². The summed E-state index contributed by atoms with van der Waals surface area (Å²) in [7, 11) is 0. The fourth-order valence-corrected chi connectivity index (χ4v) is 2.34. The van der Waals surface area contributed by atoms with Crippen LogP contribution in [0.25, 0.3) is 0 Å². The third-order valence-electron chi connectivity index (χ3n) is 3.46. The molecule has 0 bridgehead atoms. The molecule has 2 rings (SSSR count). The first-order chi connectivity index (χ1) is 7.48. The second-order valence-electron chi connectivity index (χ2n) is 4.57. The van der Waals surface area contributed by atoms with Gasteiger partial charge in [0.1, 0.15) is 5.78 Å². The normalized spacial score (nSPS) is 27.5. The zero-order valence-corrected chi connectivity index (χ0v) is 9.49. The quantitative estimate of drug-likeness (QED) is 0.830. The Morgan fingerprint density at radius 1 is 1.31 bits per heavy atom. The zero-order valence-electron chi connectivity index (χ0n) is 9.49. The first-order valence-corrected chi connectivity index (χ1v) is 5.36. The lowest BCUT2D eigenvalue weighted by Gasteiger charge is -2.13. The summed E-state index contributed by atoms with van der Waals surface area (Å²) < 4.78 is 0. The Kier molecular flexibility index (Phi) is 2.34. The minimum atomic E-state index is -0.737. The molecule has 1 aromatic rings. The summed E-state index contributed by atoms with van der Waals surface area (Å²) in [6.07, 6.45) is 0.556. The number of aryl methyl sites for hydroxylation is 1. The van der Waals surface area contributed by atoms with Crippen LogP contribution in [-0.2, 0) is 15.0 Å². The van der Waals surface area contributed by atoms with Gasteiger partial charge in [0.25, 0.3) is 0 Å². The molecule has 2 atom stereocenters. The fourth-order valence-electron chi connectivity index (χ4n) is 2.34. The number of carbonyl (C=O) groups is 2. The molecule has 1 saturated carbocycles. The van der Waals surface area contributed by atoms with E-state index in [1.165, 1.54) is 6.92 Å². The van der Waals surface area contributed by atoms with Gasteiger partial charge in [-0.1, -0.05) is 29.8 Å². The topological polar surface area (TPSA) is 60.2 Å². The SMILES string of the molecule is CC(=O)[C@H]1C[C@]1(C(N)=O)c1ccc(C)cc1. The Bertz CT molecular complexity index is 450. The van der Waals surface area contributed by atoms with Gasteiger partial charge in [0.2, 0.25) is 5.91 Å². The van der Waals surface area contributed by atoms with Crippen molar-refractivity contribution in [2.24, 2.45) is 11.7 Å². The van der Waals surface area contributed by atoms with Gasteiger partial charge in [0.05, 0.1) is 5.41 Å². The van der Waals surface area contributed by atoms with E-state index in [1.54, 1.807) is 0 Å². The first-order valence-electron chi connectivity index (χ1n) is 5.36. The molecule has 0 aromatic heterocycles. The molecule has 0 radical (unpaired) electrons. The smallest absolute Gasteiger partial charge is 0.228 e. The predicted octanol–water partition coefficient (Wildman–Crippen LogP) is 1.33. The molecule has 84 valence electrons. The Morgan fingerprint density at radius 3 is 2.25 bits per heavy atom. The Labute approximate surface area is 94.6 Å². The summed E-state index contributed by atoms with van der Waals surface area (Å²) in [6, 6.07) is 7.66. The molecule has 0 heterocycles. The maximum Gasteiger partial charge on any atom is 0.228 e. The van der Waals surface area contributed by atoms with Crippen molar-refractivity contribution >= 4 is 11.7 Å². The van der Waals surface area contributed by atoms with Gasteiger partial charge >= 0.3 is 0 Å². The highest BCUT2D eigenvalue weighted by Crippen LogP contribution is 2.54. The number of nitrogens with two attached hydrogens (primary N) is 1. The van der Waals surface area contributed by atoms with Crippen LogP contribution in [0.3, 0.4) is 0 Å². The lowest BCUT2D eigenvalue weighted by atomic mass is 9.91. The van der Waals surface area contributed by atoms with Crippen molar-refractivity contribution in [3.05, 3.63) is 35.4 Å². The molecule has 0 unspecified atom stereocenters. The Balaban J connectivity index is 2.40. The maximum atomic E-state index is 11.6. The van der Waals surface area contributed by atoms with Crippen LogP contribution in [0.5, 0.6) is 0 Å². The van der Waals surface area contributed by atoms with Gasteiger partial charge in [-0.3, -0.25) is 9.59 Å². The van der Waals surface area contributed by atoms with Gasteiger partial charge in [0.15, 0.2) is 0 Å². The van der Waals surface area contributed by atoms with Crippen molar-refractivity contribution in [2.45, 2.75) is 25.7 Å². The summed E-state index contributed by atoms with van der Waals surface area (Å²) in [5.74, 6) is -0.580. The summed E-state index contributed by atoms with van der Waals surface area (Å²) in [5, 5.41) is 0. The van der Waals surface area contributed by atoms with Crippen molar-refractivity contribution in [3.8, 4) is 0 Å². The Morgan fingerprint density at radius 2 is 1.88 bits per heavy atom. The van der Waals surface area contributed by atoms with Crippen molar-refractivity contribution in [3.63, 3.8) is 0 Å². The van der Waals surface area contributed by atoms with Gasteiger partial charge < -0.3 is 5.73 Å². The van der Waals surface area contributed by atoms with Crippen LogP contribution in [0.15, 0.2) is 24.3 Å². The van der Waals surface area contributed by atoms with E-state index in [1.807, 2.05) is 31.2 Å². The summed E-state index contributed by atoms with van der Waals surface area (Å²) >= 11 is 0. The van der Waals surface area contributed by atoms with Gasteiger partial charge in [-0.05, 0) is 25.8 Å². The average Bonchev–Trinajstić information content (AvgIpc) is 2.95. The molecule has 1 fully saturated rings. The van der Waals surface area contributed by atoms with E-state index in [0.29, 0.717) is 6.42 Å². The van der Waals surface area contributed by atoms with E-state index in [4.69, 9.17) is 5.73 Å². The van der Waals surface area contributed by atoms with Crippen LogP contribution in [0, 0.1) is 12.8 Å². The lowest BCUT2D eigenvalue weighted by molar-refractivity contribution is -0.124. The van der Waals surface area contributed by atoms with Crippen LogP contribution in [-0.4, -0.2) is 11.7 Å². The molecule has 16 heavy (non-hydrogen) atoms. The van der Waals surface area contributed by atoms with Crippen LogP contribution >= 0.6 is 0 Å². The van der Waals surface area contributed by atoms with E-state index >= 15 is 0 Å². The minimum absolute atomic E-state index is 0.0411. The van der Waals surface area contributed by atoms with Crippen LogP contribution in [0.1, 0.15) is 24.5 Å². The predicted molar refractivity (Wildman–Crippen MR) is 60.8 cm³/mol.